The SMILES string of the molecule is CC(C)(O)c1ccccc1.[KH]. The molecule has 1 aromatic rings. The van der Waals surface area contributed by atoms with E-state index in [1.54, 1.807) is 13.8 Å². The van der Waals surface area contributed by atoms with Crippen LogP contribution in [0.1, 0.15) is 19.4 Å². The number of aliphatic hydroxyl groups is 1. The summed E-state index contributed by atoms with van der Waals surface area (Å²) in [5, 5.41) is 9.49. The van der Waals surface area contributed by atoms with Gasteiger partial charge in [0.15, 0.2) is 0 Å². The van der Waals surface area contributed by atoms with Crippen LogP contribution in [0.3, 0.4) is 0 Å². The van der Waals surface area contributed by atoms with Crippen LogP contribution in [0.25, 0.3) is 0 Å². The van der Waals surface area contributed by atoms with Gasteiger partial charge in [0.25, 0.3) is 0 Å². The number of rotatable bonds is 1. The van der Waals surface area contributed by atoms with Crippen LogP contribution in [0.2, 0.25) is 0 Å². The average Bonchev–Trinajstić information content (AvgIpc) is 1.88. The van der Waals surface area contributed by atoms with E-state index < -0.39 is 5.60 Å². The molecular weight excluding hydrogens is 163 g/mol. The van der Waals surface area contributed by atoms with Gasteiger partial charge in [0.1, 0.15) is 0 Å². The zero-order valence-corrected chi connectivity index (χ0v) is 6.33. The molecule has 1 rings (SSSR count). The summed E-state index contributed by atoms with van der Waals surface area (Å²) in [5.41, 5.74) is 0.247. The van der Waals surface area contributed by atoms with Crippen LogP contribution in [-0.2, 0) is 5.60 Å². The molecule has 0 spiro atoms. The predicted octanol–water partition coefficient (Wildman–Crippen LogP) is 1.27. The molecule has 0 aliphatic heterocycles. The van der Waals surface area contributed by atoms with Crippen LogP contribution in [-0.4, -0.2) is 56.5 Å². The van der Waals surface area contributed by atoms with E-state index >= 15 is 0 Å². The molecule has 1 nitrogen and oxygen atoms in total. The van der Waals surface area contributed by atoms with Crippen molar-refractivity contribution in [1.82, 2.24) is 0 Å². The Labute approximate surface area is 110 Å². The molecule has 1 aromatic carbocycles. The molecule has 0 bridgehead atoms. The predicted molar refractivity (Wildman–Crippen MR) is 48.8 cm³/mol. The van der Waals surface area contributed by atoms with Crippen molar-refractivity contribution in [3.05, 3.63) is 35.9 Å². The molecule has 0 fully saturated rings. The Kier molecular flexibility index (Phi) is 5.10. The summed E-state index contributed by atoms with van der Waals surface area (Å²) in [6, 6.07) is 9.62. The van der Waals surface area contributed by atoms with Crippen LogP contribution in [0.15, 0.2) is 30.3 Å². The van der Waals surface area contributed by atoms with Gasteiger partial charge in [0.05, 0.1) is 5.60 Å². The third-order valence-corrected chi connectivity index (χ3v) is 1.48. The molecule has 11 heavy (non-hydrogen) atoms. The van der Waals surface area contributed by atoms with E-state index in [9.17, 15) is 5.11 Å². The molecule has 2 heteroatoms. The molecule has 0 saturated heterocycles. The summed E-state index contributed by atoms with van der Waals surface area (Å²) >= 11 is 0. The summed E-state index contributed by atoms with van der Waals surface area (Å²) in [7, 11) is 0. The van der Waals surface area contributed by atoms with Gasteiger partial charge in [0, 0.05) is 0 Å². The molecule has 0 aliphatic carbocycles. The van der Waals surface area contributed by atoms with Crippen molar-refractivity contribution in [2.24, 2.45) is 0 Å². The molecule has 0 aromatic heterocycles. The number of hydrogen-bond donors (Lipinski definition) is 1. The van der Waals surface area contributed by atoms with Gasteiger partial charge in [-0.05, 0) is 19.4 Å². The second kappa shape index (κ2) is 4.75. The summed E-state index contributed by atoms with van der Waals surface area (Å²) in [6.45, 7) is 3.56. The zero-order valence-electron chi connectivity index (χ0n) is 6.33. The van der Waals surface area contributed by atoms with Crippen LogP contribution < -0.4 is 0 Å². The second-order valence-electron chi connectivity index (χ2n) is 2.93. The van der Waals surface area contributed by atoms with E-state index in [0.717, 1.165) is 5.56 Å². The van der Waals surface area contributed by atoms with Gasteiger partial charge in [-0.1, -0.05) is 30.3 Å². The molecule has 0 atom stereocenters. The van der Waals surface area contributed by atoms with Crippen molar-refractivity contribution in [2.75, 3.05) is 0 Å². The van der Waals surface area contributed by atoms with Gasteiger partial charge < -0.3 is 5.11 Å². The minimum absolute atomic E-state index is 0. The molecule has 56 valence electrons. The standard InChI is InChI=1S/C9H12O.K.H/c1-9(2,10)8-6-4-3-5-7-8;;/h3-7,10H,1-2H3;;. The van der Waals surface area contributed by atoms with E-state index in [-0.39, 0.29) is 51.4 Å². The van der Waals surface area contributed by atoms with Crippen molar-refractivity contribution in [3.63, 3.8) is 0 Å². The fourth-order valence-electron chi connectivity index (χ4n) is 0.846. The number of hydrogen-bond acceptors (Lipinski definition) is 1. The van der Waals surface area contributed by atoms with Gasteiger partial charge in [0.2, 0.25) is 0 Å². The molecule has 0 heterocycles. The van der Waals surface area contributed by atoms with Crippen molar-refractivity contribution in [1.29, 1.82) is 0 Å². The molecule has 0 aliphatic rings. The summed E-state index contributed by atoms with van der Waals surface area (Å²) < 4.78 is 0. The summed E-state index contributed by atoms with van der Waals surface area (Å²) in [5.74, 6) is 0. The minimum atomic E-state index is -0.707. The Bertz CT molecular complexity index is 201. The average molecular weight is 176 g/mol. The van der Waals surface area contributed by atoms with Gasteiger partial charge in [-0.2, -0.15) is 0 Å². The number of benzene rings is 1. The van der Waals surface area contributed by atoms with Gasteiger partial charge in [-0.3, -0.25) is 0 Å². The summed E-state index contributed by atoms with van der Waals surface area (Å²) in [6.07, 6.45) is 0. The molecule has 0 radical (unpaired) electrons. The quantitative estimate of drug-likeness (QED) is 0.639. The van der Waals surface area contributed by atoms with Crippen molar-refractivity contribution >= 4 is 51.4 Å². The fraction of sp³-hybridized carbons (Fsp3) is 0.333. The van der Waals surface area contributed by atoms with E-state index in [1.165, 1.54) is 0 Å². The molecular formula is C9H13KO. The normalized spacial score (nSPS) is 10.5. The van der Waals surface area contributed by atoms with Crippen LogP contribution in [0, 0.1) is 0 Å². The van der Waals surface area contributed by atoms with Crippen molar-refractivity contribution in [2.45, 2.75) is 19.4 Å². The van der Waals surface area contributed by atoms with Gasteiger partial charge in [-0.15, -0.1) is 0 Å². The zero-order chi connectivity index (χ0) is 7.61. The van der Waals surface area contributed by atoms with E-state index in [4.69, 9.17) is 0 Å². The molecule has 0 amide bonds. The molecule has 0 saturated carbocycles. The summed E-state index contributed by atoms with van der Waals surface area (Å²) in [4.78, 5) is 0. The van der Waals surface area contributed by atoms with Crippen molar-refractivity contribution < 1.29 is 5.11 Å². The first-order valence-electron chi connectivity index (χ1n) is 3.38. The van der Waals surface area contributed by atoms with E-state index in [1.807, 2.05) is 30.3 Å². The van der Waals surface area contributed by atoms with E-state index in [2.05, 4.69) is 0 Å². The second-order valence-corrected chi connectivity index (χ2v) is 2.93. The molecule has 0 unspecified atom stereocenters. The Morgan fingerprint density at radius 2 is 1.55 bits per heavy atom. The Hall–Kier alpha value is 0.816. The third kappa shape index (κ3) is 3.83. The van der Waals surface area contributed by atoms with Gasteiger partial charge >= 0.3 is 51.4 Å². The van der Waals surface area contributed by atoms with E-state index in [0.29, 0.717) is 0 Å². The Morgan fingerprint density at radius 3 is 1.82 bits per heavy atom. The Morgan fingerprint density at radius 1 is 1.09 bits per heavy atom. The fourth-order valence-corrected chi connectivity index (χ4v) is 0.846. The first-order valence-corrected chi connectivity index (χ1v) is 3.38. The Balaban J connectivity index is 0.000001000. The maximum absolute atomic E-state index is 9.49. The first kappa shape index (κ1) is 11.8. The van der Waals surface area contributed by atoms with Crippen LogP contribution >= 0.6 is 0 Å². The van der Waals surface area contributed by atoms with Crippen molar-refractivity contribution in [3.8, 4) is 0 Å². The monoisotopic (exact) mass is 176 g/mol. The topological polar surface area (TPSA) is 20.2 Å². The molecule has 1 N–H and O–H groups in total. The van der Waals surface area contributed by atoms with Crippen LogP contribution in [0.5, 0.6) is 0 Å². The first-order chi connectivity index (χ1) is 4.61. The van der Waals surface area contributed by atoms with Gasteiger partial charge in [-0.25, -0.2) is 0 Å². The van der Waals surface area contributed by atoms with Crippen LogP contribution in [0.4, 0.5) is 0 Å². The maximum atomic E-state index is 9.49. The third-order valence-electron chi connectivity index (χ3n) is 1.48.